The summed E-state index contributed by atoms with van der Waals surface area (Å²) in [5.74, 6) is 0. The molecule has 0 aliphatic rings. The van der Waals surface area contributed by atoms with Crippen molar-refractivity contribution in [1.82, 2.24) is 9.55 Å². The average molecular weight is 283 g/mol. The molecule has 0 amide bonds. The predicted octanol–water partition coefficient (Wildman–Crippen LogP) is 0.943. The van der Waals surface area contributed by atoms with Crippen molar-refractivity contribution in [2.24, 2.45) is 0 Å². The molecule has 16 heavy (non-hydrogen) atoms. The first-order chi connectivity index (χ1) is 7.65. The van der Waals surface area contributed by atoms with E-state index in [0.717, 1.165) is 4.57 Å². The van der Waals surface area contributed by atoms with Crippen LogP contribution in [0.3, 0.4) is 0 Å². The fourth-order valence-electron chi connectivity index (χ4n) is 1.43. The number of hydrogen-bond acceptors (Lipinski definition) is 3. The molecule has 1 heterocycles. The van der Waals surface area contributed by atoms with Crippen molar-refractivity contribution in [3.8, 4) is 0 Å². The summed E-state index contributed by atoms with van der Waals surface area (Å²) in [5.41, 5.74) is -0.597. The lowest BCUT2D eigenvalue weighted by molar-refractivity contribution is 0.253. The maximum Gasteiger partial charge on any atom is 0.331 e. The van der Waals surface area contributed by atoms with Crippen LogP contribution in [0.15, 0.2) is 32.3 Å². The molecule has 1 aromatic carbocycles. The van der Waals surface area contributed by atoms with Crippen molar-refractivity contribution in [3.05, 3.63) is 50.2 Å². The molecule has 2 radical (unpaired) electrons. The second-order valence-electron chi connectivity index (χ2n) is 3.03. The van der Waals surface area contributed by atoms with Gasteiger partial charge >= 0.3 is 5.69 Å². The molecule has 6 heteroatoms. The third-order valence-corrected chi connectivity index (χ3v) is 2.70. The van der Waals surface area contributed by atoms with E-state index >= 15 is 0 Å². The Hall–Kier alpha value is -1.40. The van der Waals surface area contributed by atoms with Crippen LogP contribution >= 0.6 is 15.9 Å². The summed E-state index contributed by atoms with van der Waals surface area (Å²) in [6.07, 6.45) is 0. The maximum atomic E-state index is 11.5. The summed E-state index contributed by atoms with van der Waals surface area (Å²) in [5, 5.41) is 0.388. The van der Waals surface area contributed by atoms with E-state index in [9.17, 15) is 9.59 Å². The molecule has 0 saturated carbocycles. The zero-order valence-electron chi connectivity index (χ0n) is 8.28. The standard InChI is InChI=1S/C10H7BrN2O3/c1-16-5-13-8-6(3-2-4-7(8)11)9(14)12-10(13)15/h2-4H,1H3,(H,12,14,15). The highest BCUT2D eigenvalue weighted by molar-refractivity contribution is 9.10. The number of methoxy groups -OCH3 is 1. The number of hydrogen-bond donors (Lipinski definition) is 1. The summed E-state index contributed by atoms with van der Waals surface area (Å²) in [6.45, 7) is 2.39. The first-order valence-electron chi connectivity index (χ1n) is 4.37. The van der Waals surface area contributed by atoms with Crippen LogP contribution in [-0.4, -0.2) is 16.7 Å². The molecule has 0 saturated heterocycles. The number of halogens is 1. The largest absolute Gasteiger partial charge is 0.350 e. The Morgan fingerprint density at radius 3 is 2.88 bits per heavy atom. The molecule has 82 valence electrons. The van der Waals surface area contributed by atoms with Gasteiger partial charge < -0.3 is 4.74 Å². The SMILES string of the molecule is CO[C]n1c(=O)[nH]c(=O)c2cccc(Br)c21. The quantitative estimate of drug-likeness (QED) is 0.892. The number of rotatable bonds is 2. The molecule has 0 atom stereocenters. The number of H-pyrrole nitrogens is 1. The molecule has 0 aliphatic heterocycles. The van der Waals surface area contributed by atoms with Crippen LogP contribution in [-0.2, 0) is 4.74 Å². The van der Waals surface area contributed by atoms with Crippen LogP contribution < -0.4 is 11.2 Å². The minimum Gasteiger partial charge on any atom is -0.350 e. The topological polar surface area (TPSA) is 64.1 Å². The molecule has 0 unspecified atom stereocenters. The minimum atomic E-state index is -0.591. The maximum absolute atomic E-state index is 11.5. The zero-order valence-corrected chi connectivity index (χ0v) is 9.87. The molecule has 2 aromatic rings. The lowest BCUT2D eigenvalue weighted by atomic mass is 10.2. The molecular weight excluding hydrogens is 276 g/mol. The van der Waals surface area contributed by atoms with Crippen LogP contribution in [0.2, 0.25) is 0 Å². The van der Waals surface area contributed by atoms with Crippen molar-refractivity contribution < 1.29 is 4.74 Å². The van der Waals surface area contributed by atoms with Crippen LogP contribution in [0.4, 0.5) is 0 Å². The Labute approximate surface area is 98.8 Å². The number of aromatic nitrogens is 2. The average Bonchev–Trinajstić information content (AvgIpc) is 2.24. The van der Waals surface area contributed by atoms with Gasteiger partial charge in [0.05, 0.1) is 10.9 Å². The number of ether oxygens (including phenoxy) is 1. The Bertz CT molecular complexity index is 645. The molecule has 1 aromatic heterocycles. The van der Waals surface area contributed by atoms with E-state index < -0.39 is 11.2 Å². The van der Waals surface area contributed by atoms with E-state index in [1.807, 2.05) is 0 Å². The predicted molar refractivity (Wildman–Crippen MR) is 62.2 cm³/mol. The zero-order chi connectivity index (χ0) is 11.7. The lowest BCUT2D eigenvalue weighted by Crippen LogP contribution is -2.30. The van der Waals surface area contributed by atoms with E-state index in [-0.39, 0.29) is 0 Å². The number of nitrogens with zero attached hydrogens (tertiary/aromatic N) is 1. The van der Waals surface area contributed by atoms with Crippen LogP contribution in [0.25, 0.3) is 10.9 Å². The van der Waals surface area contributed by atoms with Gasteiger partial charge in [-0.25, -0.2) is 4.79 Å². The lowest BCUT2D eigenvalue weighted by Gasteiger charge is -2.07. The monoisotopic (exact) mass is 282 g/mol. The number of fused-ring (bicyclic) bond motifs is 1. The molecule has 2 rings (SSSR count). The number of aromatic amines is 1. The smallest absolute Gasteiger partial charge is 0.331 e. The highest BCUT2D eigenvalue weighted by Crippen LogP contribution is 2.20. The van der Waals surface area contributed by atoms with Crippen molar-refractivity contribution in [3.63, 3.8) is 0 Å². The highest BCUT2D eigenvalue weighted by atomic mass is 79.9. The fraction of sp³-hybridized carbons (Fsp3) is 0.100. The Kier molecular flexibility index (Phi) is 2.93. The third-order valence-electron chi connectivity index (χ3n) is 2.06. The minimum absolute atomic E-state index is 0.388. The summed E-state index contributed by atoms with van der Waals surface area (Å²) >= 11 is 3.28. The molecule has 0 bridgehead atoms. The van der Waals surface area contributed by atoms with Crippen molar-refractivity contribution in [1.29, 1.82) is 0 Å². The van der Waals surface area contributed by atoms with E-state index in [1.54, 1.807) is 18.2 Å². The van der Waals surface area contributed by atoms with Crippen molar-refractivity contribution in [2.45, 2.75) is 0 Å². The third kappa shape index (κ3) is 1.70. The number of nitrogens with one attached hydrogen (secondary N) is 1. The first kappa shape index (κ1) is 11.1. The van der Waals surface area contributed by atoms with Gasteiger partial charge in [-0.3, -0.25) is 14.3 Å². The Balaban J connectivity index is 2.98. The van der Waals surface area contributed by atoms with Gasteiger partial charge in [0, 0.05) is 11.6 Å². The highest BCUT2D eigenvalue weighted by Gasteiger charge is 2.10. The van der Waals surface area contributed by atoms with Crippen LogP contribution in [0.5, 0.6) is 0 Å². The van der Waals surface area contributed by atoms with Gasteiger partial charge in [-0.15, -0.1) is 0 Å². The second-order valence-corrected chi connectivity index (χ2v) is 3.88. The van der Waals surface area contributed by atoms with E-state index in [2.05, 4.69) is 32.4 Å². The Morgan fingerprint density at radius 1 is 1.44 bits per heavy atom. The van der Waals surface area contributed by atoms with Gasteiger partial charge in [-0.1, -0.05) is 6.07 Å². The first-order valence-corrected chi connectivity index (χ1v) is 5.17. The molecule has 1 N–H and O–H groups in total. The molecule has 0 fully saturated rings. The second kappa shape index (κ2) is 4.23. The number of para-hydroxylation sites is 1. The Morgan fingerprint density at radius 2 is 2.19 bits per heavy atom. The summed E-state index contributed by atoms with van der Waals surface area (Å²) in [7, 11) is 1.38. The summed E-state index contributed by atoms with van der Waals surface area (Å²) in [6, 6.07) is 5.06. The molecule has 0 aliphatic carbocycles. The van der Waals surface area contributed by atoms with Gasteiger partial charge in [0.2, 0.25) is 0 Å². The van der Waals surface area contributed by atoms with E-state index in [0.29, 0.717) is 15.4 Å². The van der Waals surface area contributed by atoms with Crippen LogP contribution in [0.1, 0.15) is 0 Å². The van der Waals surface area contributed by atoms with E-state index in [4.69, 9.17) is 0 Å². The van der Waals surface area contributed by atoms with Gasteiger partial charge in [0.15, 0.2) is 0 Å². The van der Waals surface area contributed by atoms with Gasteiger partial charge in [0.1, 0.15) is 0 Å². The van der Waals surface area contributed by atoms with Crippen LogP contribution in [0, 0.1) is 6.73 Å². The van der Waals surface area contributed by atoms with E-state index in [1.165, 1.54) is 7.11 Å². The fourth-order valence-corrected chi connectivity index (χ4v) is 1.97. The van der Waals surface area contributed by atoms with Gasteiger partial charge in [-0.05, 0) is 28.1 Å². The van der Waals surface area contributed by atoms with Crippen molar-refractivity contribution >= 4 is 26.8 Å². The molecular formula is C10H7BrN2O3. The van der Waals surface area contributed by atoms with Gasteiger partial charge in [0.25, 0.3) is 12.3 Å². The number of benzene rings is 1. The normalized spacial score (nSPS) is 10.9. The molecule has 0 spiro atoms. The summed E-state index contributed by atoms with van der Waals surface area (Å²) < 4.78 is 6.42. The summed E-state index contributed by atoms with van der Waals surface area (Å²) in [4.78, 5) is 25.3. The molecule has 5 nitrogen and oxygen atoms in total. The van der Waals surface area contributed by atoms with Gasteiger partial charge in [-0.2, -0.15) is 0 Å². The van der Waals surface area contributed by atoms with Crippen molar-refractivity contribution in [2.75, 3.05) is 7.11 Å².